The van der Waals surface area contributed by atoms with E-state index < -0.39 is 22.6 Å². The number of aliphatic hydroxyl groups excluding tert-OH is 1. The average Bonchev–Trinajstić information content (AvgIpc) is 3.59. The molecule has 0 aromatic carbocycles. The molecule has 9 nitrogen and oxygen atoms in total. The second-order valence-corrected chi connectivity index (χ2v) is 12.6. The number of nitrogens with zero attached hydrogens (tertiary/aromatic N) is 3. The monoisotopic (exact) mass is 563 g/mol. The van der Waals surface area contributed by atoms with Gasteiger partial charge in [-0.1, -0.05) is 12.2 Å². The predicted octanol–water partition coefficient (Wildman–Crippen LogP) is 2.10. The summed E-state index contributed by atoms with van der Waals surface area (Å²) in [6.45, 7) is 13.1. The third kappa shape index (κ3) is 6.39. The van der Waals surface area contributed by atoms with Gasteiger partial charge in [-0.25, -0.2) is 0 Å². The van der Waals surface area contributed by atoms with E-state index in [4.69, 9.17) is 9.47 Å². The number of thioether (sulfide) groups is 1. The van der Waals surface area contributed by atoms with Gasteiger partial charge in [-0.2, -0.15) is 0 Å². The number of hydrogen-bond donors (Lipinski definition) is 1. The maximum absolute atomic E-state index is 14.3. The number of unbranched alkanes of at least 4 members (excludes halogenated alkanes) is 3. The molecule has 39 heavy (non-hydrogen) atoms. The molecule has 4 rings (SSSR count). The number of rotatable bonds is 16. The summed E-state index contributed by atoms with van der Waals surface area (Å²) >= 11 is 1.67. The number of carbonyl (C=O) groups is 3. The lowest BCUT2D eigenvalue weighted by Crippen LogP contribution is -2.56. The van der Waals surface area contributed by atoms with E-state index in [1.54, 1.807) is 22.7 Å². The van der Waals surface area contributed by atoms with Crippen molar-refractivity contribution in [2.45, 2.75) is 61.0 Å². The Hall–Kier alpha value is -1.88. The van der Waals surface area contributed by atoms with Crippen LogP contribution < -0.4 is 0 Å². The summed E-state index contributed by atoms with van der Waals surface area (Å²) < 4.78 is 10.5. The minimum absolute atomic E-state index is 0.00396. The molecule has 2 bridgehead atoms. The summed E-state index contributed by atoms with van der Waals surface area (Å²) in [6.07, 6.45) is 8.85. The summed E-state index contributed by atoms with van der Waals surface area (Å²) in [5, 5.41) is 9.37. The van der Waals surface area contributed by atoms with E-state index in [9.17, 15) is 19.5 Å². The molecule has 218 valence electrons. The number of morpholine rings is 1. The lowest BCUT2D eigenvalue weighted by molar-refractivity contribution is -0.154. The highest BCUT2D eigenvalue weighted by atomic mass is 32.2. The van der Waals surface area contributed by atoms with Crippen LogP contribution in [0.2, 0.25) is 0 Å². The van der Waals surface area contributed by atoms with Crippen molar-refractivity contribution in [1.29, 1.82) is 0 Å². The first-order valence-corrected chi connectivity index (χ1v) is 15.4. The summed E-state index contributed by atoms with van der Waals surface area (Å²) in [5.41, 5.74) is 0. The Kier molecular flexibility index (Phi) is 10.9. The van der Waals surface area contributed by atoms with Gasteiger partial charge in [0.25, 0.3) is 0 Å². The number of ether oxygens (including phenoxy) is 2. The zero-order valence-electron chi connectivity index (χ0n) is 23.1. The summed E-state index contributed by atoms with van der Waals surface area (Å²) in [6, 6.07) is -0.626. The second kappa shape index (κ2) is 14.1. The third-order valence-electron chi connectivity index (χ3n) is 8.61. The number of allylic oxidation sites excluding steroid dienone is 1. The van der Waals surface area contributed by atoms with Crippen LogP contribution in [0.15, 0.2) is 25.3 Å². The molecule has 4 saturated heterocycles. The highest BCUT2D eigenvalue weighted by Gasteiger charge is 2.74. The van der Waals surface area contributed by atoms with Crippen LogP contribution in [0.1, 0.15) is 44.9 Å². The van der Waals surface area contributed by atoms with Crippen LogP contribution in [-0.2, 0) is 23.9 Å². The van der Waals surface area contributed by atoms with Gasteiger partial charge in [-0.3, -0.25) is 19.3 Å². The van der Waals surface area contributed by atoms with E-state index >= 15 is 0 Å². The molecular formula is C29H45N3O6S. The molecule has 0 radical (unpaired) electrons. The van der Waals surface area contributed by atoms with Crippen LogP contribution in [0.4, 0.5) is 0 Å². The first-order valence-electron chi connectivity index (χ1n) is 14.5. The fraction of sp³-hybridized carbons (Fsp3) is 0.759. The SMILES string of the molecule is C=CCCCCOC(=O)[C@@H]1[C@@H]2CCC3(S2)C(C(=O)N(CC=C)CCN2CCOCC2)N(CCCCO)C(=O)[C@H]13. The van der Waals surface area contributed by atoms with Gasteiger partial charge < -0.3 is 24.4 Å². The van der Waals surface area contributed by atoms with Crippen molar-refractivity contribution in [2.75, 3.05) is 65.7 Å². The molecule has 4 fully saturated rings. The molecule has 2 unspecified atom stereocenters. The number of amides is 2. The summed E-state index contributed by atoms with van der Waals surface area (Å²) in [4.78, 5) is 47.5. The molecule has 4 heterocycles. The smallest absolute Gasteiger partial charge is 0.310 e. The topological polar surface area (TPSA) is 99.6 Å². The van der Waals surface area contributed by atoms with Gasteiger partial charge in [0.1, 0.15) is 6.04 Å². The van der Waals surface area contributed by atoms with Gasteiger partial charge >= 0.3 is 5.97 Å². The number of aliphatic hydroxyl groups is 1. The molecule has 4 aliphatic rings. The van der Waals surface area contributed by atoms with E-state index in [0.717, 1.165) is 51.7 Å². The maximum atomic E-state index is 14.3. The number of fused-ring (bicyclic) bond motifs is 1. The van der Waals surface area contributed by atoms with E-state index in [1.165, 1.54) is 0 Å². The molecule has 0 aromatic heterocycles. The minimum Gasteiger partial charge on any atom is -0.465 e. The molecule has 10 heteroatoms. The summed E-state index contributed by atoms with van der Waals surface area (Å²) in [7, 11) is 0. The van der Waals surface area contributed by atoms with Crippen molar-refractivity contribution in [1.82, 2.24) is 14.7 Å². The number of hydrogen-bond acceptors (Lipinski definition) is 8. The van der Waals surface area contributed by atoms with E-state index in [2.05, 4.69) is 18.1 Å². The van der Waals surface area contributed by atoms with Crippen molar-refractivity contribution in [2.24, 2.45) is 11.8 Å². The van der Waals surface area contributed by atoms with Crippen molar-refractivity contribution in [3.63, 3.8) is 0 Å². The Balaban J connectivity index is 1.54. The van der Waals surface area contributed by atoms with E-state index in [-0.39, 0.29) is 29.6 Å². The van der Waals surface area contributed by atoms with Gasteiger partial charge in [0.2, 0.25) is 11.8 Å². The first kappa shape index (κ1) is 30.1. The largest absolute Gasteiger partial charge is 0.465 e. The molecule has 0 aromatic rings. The summed E-state index contributed by atoms with van der Waals surface area (Å²) in [5.74, 6) is -1.54. The number of likely N-dealkylation sites (tertiary alicyclic amines) is 1. The normalized spacial score (nSPS) is 29.9. The van der Waals surface area contributed by atoms with Gasteiger partial charge in [0.05, 0.1) is 36.4 Å². The predicted molar refractivity (Wildman–Crippen MR) is 151 cm³/mol. The Morgan fingerprint density at radius 2 is 1.95 bits per heavy atom. The maximum Gasteiger partial charge on any atom is 0.310 e. The fourth-order valence-corrected chi connectivity index (χ4v) is 8.90. The van der Waals surface area contributed by atoms with Crippen LogP contribution in [0, 0.1) is 11.8 Å². The minimum atomic E-state index is -0.626. The number of esters is 1. The third-order valence-corrected chi connectivity index (χ3v) is 10.6. The van der Waals surface area contributed by atoms with Gasteiger partial charge in [-0.05, 0) is 44.9 Å². The standard InChI is InChI=1S/C29H45N3O6S/c1-3-5-6-9-19-38-28(36)23-22-10-11-29(39-22)24(23)26(34)32(13-7-8-18-33)25(29)27(35)31(12-4-2)15-14-30-16-20-37-21-17-30/h3-4,22-25,33H,1-2,5-21H2/t22-,23+,24-,25?,29?/m0/s1. The molecule has 1 N–H and O–H groups in total. The quantitative estimate of drug-likeness (QED) is 0.173. The number of carbonyl (C=O) groups excluding carboxylic acids is 3. The average molecular weight is 564 g/mol. The Labute approximate surface area is 236 Å². The van der Waals surface area contributed by atoms with Gasteiger partial charge in [0.15, 0.2) is 0 Å². The Bertz CT molecular complexity index is 896. The first-order chi connectivity index (χ1) is 19.0. The Morgan fingerprint density at radius 1 is 1.15 bits per heavy atom. The molecular weight excluding hydrogens is 518 g/mol. The van der Waals surface area contributed by atoms with Crippen LogP contribution >= 0.6 is 11.8 Å². The van der Waals surface area contributed by atoms with Crippen molar-refractivity contribution in [3.8, 4) is 0 Å². The van der Waals surface area contributed by atoms with E-state index in [0.29, 0.717) is 52.3 Å². The van der Waals surface area contributed by atoms with E-state index in [1.807, 2.05) is 11.0 Å². The van der Waals surface area contributed by atoms with Crippen LogP contribution in [0.3, 0.4) is 0 Å². The highest BCUT2D eigenvalue weighted by Crippen LogP contribution is 2.66. The molecule has 2 amide bonds. The Morgan fingerprint density at radius 3 is 2.67 bits per heavy atom. The van der Waals surface area contributed by atoms with Crippen LogP contribution in [-0.4, -0.2) is 119 Å². The molecule has 0 saturated carbocycles. The fourth-order valence-electron chi connectivity index (χ4n) is 6.70. The molecule has 0 aliphatic carbocycles. The zero-order chi connectivity index (χ0) is 27.8. The van der Waals surface area contributed by atoms with Crippen LogP contribution in [0.25, 0.3) is 0 Å². The van der Waals surface area contributed by atoms with Crippen molar-refractivity contribution >= 4 is 29.5 Å². The van der Waals surface area contributed by atoms with Crippen molar-refractivity contribution < 1.29 is 29.0 Å². The van der Waals surface area contributed by atoms with Crippen LogP contribution in [0.5, 0.6) is 0 Å². The second-order valence-electron chi connectivity index (χ2n) is 11.0. The molecule has 4 aliphatic heterocycles. The molecule has 5 atom stereocenters. The van der Waals surface area contributed by atoms with Gasteiger partial charge in [0, 0.05) is 51.1 Å². The van der Waals surface area contributed by atoms with Crippen molar-refractivity contribution in [3.05, 3.63) is 25.3 Å². The zero-order valence-corrected chi connectivity index (χ0v) is 24.0. The molecule has 1 spiro atoms. The highest BCUT2D eigenvalue weighted by molar-refractivity contribution is 8.02. The lowest BCUT2D eigenvalue weighted by Gasteiger charge is -2.38. The van der Waals surface area contributed by atoms with Gasteiger partial charge in [-0.15, -0.1) is 24.9 Å². The lowest BCUT2D eigenvalue weighted by atomic mass is 9.71.